The molecule has 0 fully saturated rings. The van der Waals surface area contributed by atoms with Crippen LogP contribution in [0.3, 0.4) is 0 Å². The zero-order valence-electron chi connectivity index (χ0n) is 19.3. The lowest BCUT2D eigenvalue weighted by Crippen LogP contribution is -2.29. The normalized spacial score (nSPS) is 11.6. The van der Waals surface area contributed by atoms with E-state index in [4.69, 9.17) is 9.84 Å². The highest BCUT2D eigenvalue weighted by molar-refractivity contribution is 6.02. The molecule has 8 nitrogen and oxygen atoms in total. The molecule has 0 radical (unpaired) electrons. The number of hydrogen-bond acceptors (Lipinski definition) is 5. The van der Waals surface area contributed by atoms with Gasteiger partial charge in [-0.2, -0.15) is 0 Å². The zero-order chi connectivity index (χ0) is 24.5. The van der Waals surface area contributed by atoms with Crippen LogP contribution in [-0.4, -0.2) is 49.2 Å². The number of carbonyl (C=O) groups is 3. The van der Waals surface area contributed by atoms with Crippen LogP contribution in [-0.2, 0) is 9.53 Å². The van der Waals surface area contributed by atoms with Gasteiger partial charge in [-0.3, -0.25) is 14.4 Å². The van der Waals surface area contributed by atoms with Gasteiger partial charge in [0.2, 0.25) is 5.91 Å². The maximum atomic E-state index is 13.1. The van der Waals surface area contributed by atoms with Crippen LogP contribution in [0.2, 0.25) is 0 Å². The minimum atomic E-state index is -0.407. The van der Waals surface area contributed by atoms with Gasteiger partial charge >= 0.3 is 0 Å². The summed E-state index contributed by atoms with van der Waals surface area (Å²) < 4.78 is 5.14. The number of carbonyl (C=O) groups excluding carboxylic acids is 3. The van der Waals surface area contributed by atoms with Crippen LogP contribution in [0.25, 0.3) is 10.8 Å². The monoisotopic (exact) mass is 463 g/mol. The number of nitrogens with one attached hydrogen (secondary N) is 3. The van der Waals surface area contributed by atoms with E-state index in [0.717, 1.165) is 16.3 Å². The number of aliphatic hydroxyl groups excluding tert-OH is 1. The number of aliphatic hydroxyl groups is 1. The van der Waals surface area contributed by atoms with Crippen LogP contribution in [0, 0.1) is 0 Å². The van der Waals surface area contributed by atoms with Gasteiger partial charge in [0, 0.05) is 30.3 Å². The fourth-order valence-corrected chi connectivity index (χ4v) is 3.66. The summed E-state index contributed by atoms with van der Waals surface area (Å²) in [6.45, 7) is 3.83. The van der Waals surface area contributed by atoms with Crippen LogP contribution in [0.15, 0.2) is 60.7 Å². The minimum absolute atomic E-state index is 0.0949. The first-order valence-corrected chi connectivity index (χ1v) is 11.1. The molecule has 3 amide bonds. The summed E-state index contributed by atoms with van der Waals surface area (Å²) in [6.07, 6.45) is 0. The molecule has 0 aliphatic heterocycles. The Bertz CT molecular complexity index is 1170. The topological polar surface area (TPSA) is 117 Å². The lowest BCUT2D eigenvalue weighted by Gasteiger charge is -2.17. The predicted octanol–water partition coefficient (Wildman–Crippen LogP) is 3.03. The van der Waals surface area contributed by atoms with E-state index in [9.17, 15) is 14.4 Å². The second kappa shape index (κ2) is 11.9. The molecule has 0 aromatic heterocycles. The van der Waals surface area contributed by atoms with Gasteiger partial charge in [0.1, 0.15) is 0 Å². The Labute approximate surface area is 198 Å². The van der Waals surface area contributed by atoms with Crippen molar-refractivity contribution in [3.8, 4) is 0 Å². The van der Waals surface area contributed by atoms with Crippen molar-refractivity contribution >= 4 is 34.2 Å². The molecule has 0 saturated carbocycles. The second-order valence-electron chi connectivity index (χ2n) is 7.84. The van der Waals surface area contributed by atoms with Gasteiger partial charge in [-0.15, -0.1) is 0 Å². The smallest absolute Gasteiger partial charge is 0.251 e. The molecule has 0 aliphatic carbocycles. The van der Waals surface area contributed by atoms with E-state index in [-0.39, 0.29) is 55.3 Å². The van der Waals surface area contributed by atoms with E-state index in [1.54, 1.807) is 0 Å². The van der Waals surface area contributed by atoms with E-state index < -0.39 is 5.91 Å². The van der Waals surface area contributed by atoms with Crippen LogP contribution in [0.5, 0.6) is 0 Å². The number of amides is 3. The Morgan fingerprint density at radius 3 is 2.38 bits per heavy atom. The van der Waals surface area contributed by atoms with Crippen molar-refractivity contribution in [1.29, 1.82) is 0 Å². The molecular weight excluding hydrogens is 434 g/mol. The van der Waals surface area contributed by atoms with Gasteiger partial charge in [0.05, 0.1) is 25.9 Å². The summed E-state index contributed by atoms with van der Waals surface area (Å²) in [4.78, 5) is 37.3. The molecule has 4 N–H and O–H groups in total. The molecule has 3 aromatic rings. The summed E-state index contributed by atoms with van der Waals surface area (Å²) >= 11 is 0. The summed E-state index contributed by atoms with van der Waals surface area (Å²) in [5.41, 5.74) is 1.81. The number of ether oxygens (including phenoxy) is 1. The number of benzene rings is 3. The molecule has 0 heterocycles. The summed E-state index contributed by atoms with van der Waals surface area (Å²) in [5, 5.41) is 19.2. The second-order valence-corrected chi connectivity index (χ2v) is 7.84. The number of rotatable bonds is 10. The van der Waals surface area contributed by atoms with Gasteiger partial charge in [0.15, 0.2) is 0 Å². The average Bonchev–Trinajstić information content (AvgIpc) is 2.82. The highest BCUT2D eigenvalue weighted by atomic mass is 16.5. The van der Waals surface area contributed by atoms with Crippen molar-refractivity contribution in [1.82, 2.24) is 10.6 Å². The first kappa shape index (κ1) is 24.9. The van der Waals surface area contributed by atoms with Gasteiger partial charge in [-0.05, 0) is 41.5 Å². The molecular formula is C26H29N3O5. The fourth-order valence-electron chi connectivity index (χ4n) is 3.66. The van der Waals surface area contributed by atoms with Gasteiger partial charge in [0.25, 0.3) is 11.8 Å². The van der Waals surface area contributed by atoms with Gasteiger partial charge in [-0.1, -0.05) is 42.5 Å². The van der Waals surface area contributed by atoms with E-state index in [1.165, 1.54) is 25.1 Å². The lowest BCUT2D eigenvalue weighted by molar-refractivity contribution is -0.114. The molecule has 0 bridgehead atoms. The number of hydrogen-bond donors (Lipinski definition) is 4. The van der Waals surface area contributed by atoms with Gasteiger partial charge in [-0.25, -0.2) is 0 Å². The van der Waals surface area contributed by atoms with Crippen LogP contribution in [0.4, 0.5) is 5.69 Å². The fraction of sp³-hybridized carbons (Fsp3) is 0.269. The Kier molecular flexibility index (Phi) is 8.73. The van der Waals surface area contributed by atoms with Crippen LogP contribution < -0.4 is 16.0 Å². The third kappa shape index (κ3) is 6.63. The third-order valence-corrected chi connectivity index (χ3v) is 5.18. The number of fused-ring (bicyclic) bond motifs is 1. The minimum Gasteiger partial charge on any atom is -0.394 e. The zero-order valence-corrected chi connectivity index (χ0v) is 19.3. The van der Waals surface area contributed by atoms with Gasteiger partial charge < -0.3 is 25.8 Å². The van der Waals surface area contributed by atoms with Crippen molar-refractivity contribution < 1.29 is 24.2 Å². The molecule has 8 heteroatoms. The van der Waals surface area contributed by atoms with E-state index in [1.807, 2.05) is 49.4 Å². The molecule has 0 aliphatic rings. The Balaban J connectivity index is 1.79. The van der Waals surface area contributed by atoms with Crippen molar-refractivity contribution in [2.75, 3.05) is 31.7 Å². The predicted molar refractivity (Wildman–Crippen MR) is 131 cm³/mol. The number of anilines is 1. The van der Waals surface area contributed by atoms with Crippen molar-refractivity contribution in [3.63, 3.8) is 0 Å². The molecule has 3 aromatic carbocycles. The molecule has 0 unspecified atom stereocenters. The van der Waals surface area contributed by atoms with E-state index >= 15 is 0 Å². The summed E-state index contributed by atoms with van der Waals surface area (Å²) in [5.74, 6) is -1.09. The Hall–Kier alpha value is -3.75. The summed E-state index contributed by atoms with van der Waals surface area (Å²) in [7, 11) is 0. The Morgan fingerprint density at radius 2 is 1.65 bits per heavy atom. The largest absolute Gasteiger partial charge is 0.394 e. The van der Waals surface area contributed by atoms with E-state index in [2.05, 4.69) is 16.0 Å². The maximum Gasteiger partial charge on any atom is 0.251 e. The van der Waals surface area contributed by atoms with Crippen molar-refractivity contribution in [2.45, 2.75) is 19.9 Å². The molecule has 0 saturated heterocycles. The van der Waals surface area contributed by atoms with E-state index in [0.29, 0.717) is 5.69 Å². The Morgan fingerprint density at radius 1 is 0.941 bits per heavy atom. The maximum absolute atomic E-state index is 13.1. The highest BCUT2D eigenvalue weighted by Crippen LogP contribution is 2.25. The molecule has 1 atom stereocenters. The average molecular weight is 464 g/mol. The van der Waals surface area contributed by atoms with Crippen LogP contribution in [0.1, 0.15) is 46.2 Å². The summed E-state index contributed by atoms with van der Waals surface area (Å²) in [6, 6.07) is 18.1. The SMILES string of the molecule is CC(=O)Nc1cc(C(=O)NCCOCCO)cc(C(=O)N[C@H](C)c2cccc3ccccc23)c1. The quantitative estimate of drug-likeness (QED) is 0.345. The molecule has 178 valence electrons. The first-order chi connectivity index (χ1) is 16.4. The first-order valence-electron chi connectivity index (χ1n) is 11.1. The standard InChI is InChI=1S/C26H29N3O5/c1-17(23-9-5-7-19-6-3-4-8-24(19)23)28-26(33)21-14-20(15-22(16-21)29-18(2)31)25(32)27-10-12-34-13-11-30/h3-9,14-17,30H,10-13H2,1-2H3,(H,27,32)(H,28,33)(H,29,31)/t17-/m1/s1. The van der Waals surface area contributed by atoms with Crippen LogP contribution >= 0.6 is 0 Å². The lowest BCUT2D eigenvalue weighted by atomic mass is 9.99. The molecule has 34 heavy (non-hydrogen) atoms. The highest BCUT2D eigenvalue weighted by Gasteiger charge is 2.17. The third-order valence-electron chi connectivity index (χ3n) is 5.18. The molecule has 3 rings (SSSR count). The van der Waals surface area contributed by atoms with Crippen molar-refractivity contribution in [3.05, 3.63) is 77.4 Å². The molecule has 0 spiro atoms. The van der Waals surface area contributed by atoms with Crippen molar-refractivity contribution in [2.24, 2.45) is 0 Å².